The lowest BCUT2D eigenvalue weighted by atomic mass is 9.76. The molecule has 3 heterocycles. The van der Waals surface area contributed by atoms with Crippen LogP contribution >= 0.6 is 0 Å². The Morgan fingerprint density at radius 3 is 2.78 bits per heavy atom. The number of fused-ring (bicyclic) bond motifs is 2. The first-order chi connectivity index (χ1) is 11.1. The van der Waals surface area contributed by atoms with Crippen LogP contribution in [-0.2, 0) is 11.8 Å². The van der Waals surface area contributed by atoms with E-state index >= 15 is 0 Å². The SMILES string of the molecule is Cc1nc2c(c(=O)[nH]1)CCC21CCN(C(=O)c2ccn[nH]2)CC1. The van der Waals surface area contributed by atoms with E-state index in [2.05, 4.69) is 20.2 Å². The summed E-state index contributed by atoms with van der Waals surface area (Å²) in [5, 5.41) is 6.56. The van der Waals surface area contributed by atoms with Crippen molar-refractivity contribution in [1.29, 1.82) is 0 Å². The minimum absolute atomic E-state index is 0.000316. The van der Waals surface area contributed by atoms with E-state index in [-0.39, 0.29) is 16.9 Å². The summed E-state index contributed by atoms with van der Waals surface area (Å²) in [6, 6.07) is 1.70. The molecule has 4 rings (SSSR count). The fourth-order valence-corrected chi connectivity index (χ4v) is 3.93. The Hall–Kier alpha value is -2.44. The number of likely N-dealkylation sites (tertiary alicyclic amines) is 1. The number of carbonyl (C=O) groups is 1. The van der Waals surface area contributed by atoms with Crippen LogP contribution in [0.15, 0.2) is 17.1 Å². The van der Waals surface area contributed by atoms with Crippen molar-refractivity contribution < 1.29 is 4.79 Å². The van der Waals surface area contributed by atoms with Gasteiger partial charge in [-0.1, -0.05) is 0 Å². The number of amides is 1. The van der Waals surface area contributed by atoms with Crippen LogP contribution in [0.25, 0.3) is 0 Å². The van der Waals surface area contributed by atoms with E-state index in [1.54, 1.807) is 12.3 Å². The van der Waals surface area contributed by atoms with E-state index in [0.29, 0.717) is 24.6 Å². The van der Waals surface area contributed by atoms with Crippen molar-refractivity contribution in [2.75, 3.05) is 13.1 Å². The fourth-order valence-electron chi connectivity index (χ4n) is 3.93. The zero-order valence-corrected chi connectivity index (χ0v) is 13.1. The zero-order chi connectivity index (χ0) is 16.0. The summed E-state index contributed by atoms with van der Waals surface area (Å²) in [5.41, 5.74) is 2.29. The van der Waals surface area contributed by atoms with Gasteiger partial charge in [-0.3, -0.25) is 14.7 Å². The normalized spacial score (nSPS) is 19.1. The van der Waals surface area contributed by atoms with Crippen molar-refractivity contribution in [3.05, 3.63) is 45.4 Å². The average molecular weight is 313 g/mol. The van der Waals surface area contributed by atoms with Crippen LogP contribution < -0.4 is 5.56 Å². The number of carbonyl (C=O) groups excluding carboxylic acids is 1. The molecule has 1 fully saturated rings. The van der Waals surface area contributed by atoms with Gasteiger partial charge < -0.3 is 9.88 Å². The van der Waals surface area contributed by atoms with Crippen LogP contribution in [0.1, 0.15) is 46.8 Å². The number of H-pyrrole nitrogens is 2. The Bertz CT molecular complexity index is 800. The van der Waals surface area contributed by atoms with Gasteiger partial charge in [0.25, 0.3) is 11.5 Å². The van der Waals surface area contributed by atoms with Crippen molar-refractivity contribution >= 4 is 5.91 Å². The summed E-state index contributed by atoms with van der Waals surface area (Å²) in [6.45, 7) is 3.19. The van der Waals surface area contributed by atoms with E-state index in [1.807, 2.05) is 11.8 Å². The third-order valence-electron chi connectivity index (χ3n) is 5.23. The second-order valence-corrected chi connectivity index (χ2v) is 6.52. The molecule has 1 spiro atoms. The van der Waals surface area contributed by atoms with E-state index in [1.165, 1.54) is 0 Å². The number of aromatic nitrogens is 4. The molecule has 23 heavy (non-hydrogen) atoms. The smallest absolute Gasteiger partial charge is 0.271 e. The number of piperidine rings is 1. The van der Waals surface area contributed by atoms with Gasteiger partial charge in [0, 0.05) is 30.3 Å². The molecule has 1 aliphatic carbocycles. The van der Waals surface area contributed by atoms with E-state index in [0.717, 1.165) is 36.9 Å². The molecule has 0 unspecified atom stereocenters. The molecular weight excluding hydrogens is 294 g/mol. The van der Waals surface area contributed by atoms with Crippen LogP contribution in [0.4, 0.5) is 0 Å². The molecule has 2 aliphatic rings. The molecular formula is C16H19N5O2. The highest BCUT2D eigenvalue weighted by atomic mass is 16.2. The highest BCUT2D eigenvalue weighted by molar-refractivity contribution is 5.92. The Balaban J connectivity index is 1.57. The first-order valence-electron chi connectivity index (χ1n) is 7.98. The van der Waals surface area contributed by atoms with Crippen molar-refractivity contribution in [3.8, 4) is 0 Å². The Labute approximate surface area is 133 Å². The maximum Gasteiger partial charge on any atom is 0.271 e. The van der Waals surface area contributed by atoms with Gasteiger partial charge in [0.15, 0.2) is 0 Å². The molecule has 0 bridgehead atoms. The van der Waals surface area contributed by atoms with Gasteiger partial charge in [-0.2, -0.15) is 5.10 Å². The van der Waals surface area contributed by atoms with Gasteiger partial charge in [0.1, 0.15) is 11.5 Å². The lowest BCUT2D eigenvalue weighted by Crippen LogP contribution is -2.45. The molecule has 2 N–H and O–H groups in total. The quantitative estimate of drug-likeness (QED) is 0.818. The highest BCUT2D eigenvalue weighted by Gasteiger charge is 2.44. The van der Waals surface area contributed by atoms with E-state index < -0.39 is 0 Å². The topological polar surface area (TPSA) is 94.7 Å². The highest BCUT2D eigenvalue weighted by Crippen LogP contribution is 2.44. The monoisotopic (exact) mass is 313 g/mol. The first kappa shape index (κ1) is 14.2. The summed E-state index contributed by atoms with van der Waals surface area (Å²) < 4.78 is 0. The van der Waals surface area contributed by atoms with Crippen LogP contribution in [0.3, 0.4) is 0 Å². The number of aromatic amines is 2. The summed E-state index contributed by atoms with van der Waals surface area (Å²) in [7, 11) is 0. The largest absolute Gasteiger partial charge is 0.337 e. The maximum absolute atomic E-state index is 12.4. The molecule has 7 heteroatoms. The van der Waals surface area contributed by atoms with Crippen LogP contribution in [-0.4, -0.2) is 44.1 Å². The van der Waals surface area contributed by atoms with Gasteiger partial charge in [0.05, 0.1) is 5.69 Å². The molecule has 120 valence electrons. The third kappa shape index (κ3) is 2.18. The third-order valence-corrected chi connectivity index (χ3v) is 5.23. The lowest BCUT2D eigenvalue weighted by molar-refractivity contribution is 0.0657. The van der Waals surface area contributed by atoms with Crippen LogP contribution in [0, 0.1) is 6.92 Å². The number of aryl methyl sites for hydroxylation is 1. The molecule has 7 nitrogen and oxygen atoms in total. The summed E-state index contributed by atoms with van der Waals surface area (Å²) in [5.74, 6) is 0.664. The van der Waals surface area contributed by atoms with E-state index in [4.69, 9.17) is 0 Å². The van der Waals surface area contributed by atoms with Crippen LogP contribution in [0.2, 0.25) is 0 Å². The first-order valence-corrected chi connectivity index (χ1v) is 7.98. The summed E-state index contributed by atoms with van der Waals surface area (Å²) in [6.07, 6.45) is 5.04. The number of hydrogen-bond donors (Lipinski definition) is 2. The van der Waals surface area contributed by atoms with Crippen LogP contribution in [0.5, 0.6) is 0 Å². The number of nitrogens with one attached hydrogen (secondary N) is 2. The molecule has 0 saturated carbocycles. The Morgan fingerprint density at radius 2 is 2.09 bits per heavy atom. The minimum atomic E-state index is -0.0425. The van der Waals surface area contributed by atoms with Crippen molar-refractivity contribution in [1.82, 2.24) is 25.1 Å². The molecule has 1 amide bonds. The van der Waals surface area contributed by atoms with Gasteiger partial charge >= 0.3 is 0 Å². The molecule has 0 atom stereocenters. The van der Waals surface area contributed by atoms with E-state index in [9.17, 15) is 9.59 Å². The standard InChI is InChI=1S/C16H19N5O2/c1-10-18-13-11(14(22)19-10)2-4-16(13)5-8-21(9-6-16)15(23)12-3-7-17-20-12/h3,7H,2,4-6,8-9H2,1H3,(H,17,20)(H,18,19,22). The van der Waals surface area contributed by atoms with Crippen molar-refractivity contribution in [2.45, 2.75) is 38.0 Å². The molecule has 1 saturated heterocycles. The predicted octanol–water partition coefficient (Wildman–Crippen LogP) is 0.922. The maximum atomic E-state index is 12.4. The Morgan fingerprint density at radius 1 is 1.30 bits per heavy atom. The number of hydrogen-bond acceptors (Lipinski definition) is 4. The van der Waals surface area contributed by atoms with Gasteiger partial charge in [0.2, 0.25) is 0 Å². The molecule has 2 aromatic heterocycles. The number of rotatable bonds is 1. The van der Waals surface area contributed by atoms with Gasteiger partial charge in [-0.25, -0.2) is 4.98 Å². The lowest BCUT2D eigenvalue weighted by Gasteiger charge is -2.39. The second-order valence-electron chi connectivity index (χ2n) is 6.52. The van der Waals surface area contributed by atoms with Crippen molar-refractivity contribution in [3.63, 3.8) is 0 Å². The summed E-state index contributed by atoms with van der Waals surface area (Å²) >= 11 is 0. The number of nitrogens with zero attached hydrogens (tertiary/aromatic N) is 3. The fraction of sp³-hybridized carbons (Fsp3) is 0.500. The van der Waals surface area contributed by atoms with Gasteiger partial charge in [-0.15, -0.1) is 0 Å². The van der Waals surface area contributed by atoms with Gasteiger partial charge in [-0.05, 0) is 38.7 Å². The molecule has 1 aliphatic heterocycles. The molecule has 0 radical (unpaired) electrons. The zero-order valence-electron chi connectivity index (χ0n) is 13.1. The average Bonchev–Trinajstić information content (AvgIpc) is 3.17. The molecule has 2 aromatic rings. The second kappa shape index (κ2) is 5.04. The minimum Gasteiger partial charge on any atom is -0.337 e. The Kier molecular flexibility index (Phi) is 3.11. The predicted molar refractivity (Wildman–Crippen MR) is 83.3 cm³/mol. The van der Waals surface area contributed by atoms with Crippen molar-refractivity contribution in [2.24, 2.45) is 0 Å². The molecule has 0 aromatic carbocycles. The summed E-state index contributed by atoms with van der Waals surface area (Å²) in [4.78, 5) is 33.8.